The van der Waals surface area contributed by atoms with Crippen LogP contribution in [-0.4, -0.2) is 26.7 Å². The molecule has 26 heavy (non-hydrogen) atoms. The fourth-order valence-electron chi connectivity index (χ4n) is 2.81. The van der Waals surface area contributed by atoms with Crippen LogP contribution in [0.25, 0.3) is 22.5 Å². The molecule has 0 atom stereocenters. The van der Waals surface area contributed by atoms with E-state index in [9.17, 15) is 9.18 Å². The first kappa shape index (κ1) is 18.1. The second-order valence-corrected chi connectivity index (χ2v) is 6.43. The predicted octanol–water partition coefficient (Wildman–Crippen LogP) is 4.45. The fraction of sp³-hybridized carbons (Fsp3) is 0.211. The first-order valence-corrected chi connectivity index (χ1v) is 9.40. The van der Waals surface area contributed by atoms with Gasteiger partial charge in [-0.2, -0.15) is 0 Å². The number of carbonyl (C=O) groups is 1. The largest absolute Gasteiger partial charge is 0.319 e. The van der Waals surface area contributed by atoms with E-state index in [2.05, 4.69) is 21.8 Å². The molecule has 0 unspecified atom stereocenters. The summed E-state index contributed by atoms with van der Waals surface area (Å²) in [4.78, 5) is 20.3. The van der Waals surface area contributed by atoms with Gasteiger partial charge in [0.1, 0.15) is 11.6 Å². The van der Waals surface area contributed by atoms with Gasteiger partial charge in [0.25, 0.3) is 0 Å². The Labute approximate surface area is 155 Å². The van der Waals surface area contributed by atoms with Gasteiger partial charge >= 0.3 is 0 Å². The smallest absolute Gasteiger partial charge is 0.222 e. The standard InChI is InChI=1S/C19H19FN4OS/c1-4-24-18(14-9-10-21-16(11-14)22-12(2)25)17(23-19(24)26-3)13-5-7-15(20)8-6-13/h5-11H,4H2,1-3H3,(H,21,22,25). The lowest BCUT2D eigenvalue weighted by Crippen LogP contribution is -2.07. The highest BCUT2D eigenvalue weighted by molar-refractivity contribution is 7.98. The monoisotopic (exact) mass is 370 g/mol. The van der Waals surface area contributed by atoms with Gasteiger partial charge in [0.2, 0.25) is 5.91 Å². The zero-order valence-electron chi connectivity index (χ0n) is 14.8. The van der Waals surface area contributed by atoms with Crippen molar-refractivity contribution in [3.8, 4) is 22.5 Å². The Bertz CT molecular complexity index is 937. The van der Waals surface area contributed by atoms with Crippen molar-refractivity contribution in [3.63, 3.8) is 0 Å². The summed E-state index contributed by atoms with van der Waals surface area (Å²) < 4.78 is 15.4. The number of thioether (sulfide) groups is 1. The van der Waals surface area contributed by atoms with Crippen LogP contribution >= 0.6 is 11.8 Å². The molecule has 0 saturated carbocycles. The Balaban J connectivity index is 2.20. The van der Waals surface area contributed by atoms with E-state index >= 15 is 0 Å². The highest BCUT2D eigenvalue weighted by Crippen LogP contribution is 2.36. The number of hydrogen-bond acceptors (Lipinski definition) is 4. The molecular formula is C19H19FN4OS. The van der Waals surface area contributed by atoms with Crippen molar-refractivity contribution in [2.45, 2.75) is 25.5 Å². The number of halogens is 1. The molecule has 134 valence electrons. The van der Waals surface area contributed by atoms with E-state index in [0.29, 0.717) is 5.82 Å². The van der Waals surface area contributed by atoms with Crippen LogP contribution < -0.4 is 5.32 Å². The average Bonchev–Trinajstić information content (AvgIpc) is 3.00. The van der Waals surface area contributed by atoms with E-state index < -0.39 is 0 Å². The molecule has 0 radical (unpaired) electrons. The summed E-state index contributed by atoms with van der Waals surface area (Å²) >= 11 is 1.55. The summed E-state index contributed by atoms with van der Waals surface area (Å²) in [6, 6.07) is 10.0. The third-order valence-corrected chi connectivity index (χ3v) is 4.56. The lowest BCUT2D eigenvalue weighted by Gasteiger charge is -2.11. The molecule has 7 heteroatoms. The maximum Gasteiger partial charge on any atom is 0.222 e. The quantitative estimate of drug-likeness (QED) is 0.674. The van der Waals surface area contributed by atoms with Crippen LogP contribution in [0.3, 0.4) is 0 Å². The number of rotatable bonds is 5. The van der Waals surface area contributed by atoms with Crippen LogP contribution in [0.5, 0.6) is 0 Å². The van der Waals surface area contributed by atoms with Crippen molar-refractivity contribution < 1.29 is 9.18 Å². The molecule has 0 fully saturated rings. The minimum atomic E-state index is -0.285. The molecule has 1 N–H and O–H groups in total. The Morgan fingerprint density at radius 1 is 1.23 bits per heavy atom. The number of imidazole rings is 1. The second-order valence-electron chi connectivity index (χ2n) is 5.66. The van der Waals surface area contributed by atoms with E-state index in [1.165, 1.54) is 19.1 Å². The van der Waals surface area contributed by atoms with Gasteiger partial charge in [-0.25, -0.2) is 14.4 Å². The van der Waals surface area contributed by atoms with Gasteiger partial charge in [0, 0.05) is 30.8 Å². The Hall–Kier alpha value is -2.67. The van der Waals surface area contributed by atoms with Crippen molar-refractivity contribution in [2.75, 3.05) is 11.6 Å². The summed E-state index contributed by atoms with van der Waals surface area (Å²) in [6.07, 6.45) is 3.63. The number of hydrogen-bond donors (Lipinski definition) is 1. The molecule has 0 bridgehead atoms. The van der Waals surface area contributed by atoms with E-state index in [1.807, 2.05) is 18.4 Å². The number of pyridine rings is 1. The SMILES string of the molecule is CCn1c(SC)nc(-c2ccc(F)cc2)c1-c1ccnc(NC(C)=O)c1. The summed E-state index contributed by atoms with van der Waals surface area (Å²) in [5.74, 6) is 0.0176. The Morgan fingerprint density at radius 2 is 1.96 bits per heavy atom. The Morgan fingerprint density at radius 3 is 2.58 bits per heavy atom. The third kappa shape index (κ3) is 3.62. The summed E-state index contributed by atoms with van der Waals surface area (Å²) in [7, 11) is 0. The number of benzene rings is 1. The minimum absolute atomic E-state index is 0.179. The predicted molar refractivity (Wildman–Crippen MR) is 103 cm³/mol. The van der Waals surface area contributed by atoms with Crippen LogP contribution in [0.2, 0.25) is 0 Å². The van der Waals surface area contributed by atoms with Gasteiger partial charge in [-0.15, -0.1) is 0 Å². The van der Waals surface area contributed by atoms with Crippen LogP contribution in [-0.2, 0) is 11.3 Å². The first-order chi connectivity index (χ1) is 12.5. The molecular weight excluding hydrogens is 351 g/mol. The molecule has 2 heterocycles. The molecule has 0 saturated heterocycles. The van der Waals surface area contributed by atoms with Crippen molar-refractivity contribution >= 4 is 23.5 Å². The normalized spacial score (nSPS) is 10.8. The molecule has 0 spiro atoms. The highest BCUT2D eigenvalue weighted by Gasteiger charge is 2.19. The second kappa shape index (κ2) is 7.70. The van der Waals surface area contributed by atoms with Crippen LogP contribution in [0, 0.1) is 5.82 Å². The zero-order chi connectivity index (χ0) is 18.7. The summed E-state index contributed by atoms with van der Waals surface area (Å²) in [5, 5.41) is 3.58. The number of nitrogens with zero attached hydrogens (tertiary/aromatic N) is 3. The number of carbonyl (C=O) groups excluding carboxylic acids is 1. The van der Waals surface area contributed by atoms with Crippen molar-refractivity contribution in [1.29, 1.82) is 0 Å². The molecule has 0 aliphatic heterocycles. The molecule has 2 aromatic heterocycles. The fourth-order valence-corrected chi connectivity index (χ4v) is 3.43. The van der Waals surface area contributed by atoms with Crippen LogP contribution in [0.1, 0.15) is 13.8 Å². The van der Waals surface area contributed by atoms with Crippen molar-refractivity contribution in [1.82, 2.24) is 14.5 Å². The van der Waals surface area contributed by atoms with Crippen LogP contribution in [0.4, 0.5) is 10.2 Å². The van der Waals surface area contributed by atoms with Crippen molar-refractivity contribution in [3.05, 3.63) is 48.4 Å². The number of anilines is 1. The van der Waals surface area contributed by atoms with E-state index in [4.69, 9.17) is 4.98 Å². The van der Waals surface area contributed by atoms with Gasteiger partial charge in [0.15, 0.2) is 5.16 Å². The molecule has 3 rings (SSSR count). The first-order valence-electron chi connectivity index (χ1n) is 8.18. The van der Waals surface area contributed by atoms with Gasteiger partial charge in [-0.1, -0.05) is 11.8 Å². The van der Waals surface area contributed by atoms with Gasteiger partial charge in [-0.05, 0) is 49.6 Å². The van der Waals surface area contributed by atoms with Gasteiger partial charge in [-0.3, -0.25) is 4.79 Å². The molecule has 0 aliphatic rings. The molecule has 5 nitrogen and oxygen atoms in total. The zero-order valence-corrected chi connectivity index (χ0v) is 15.6. The van der Waals surface area contributed by atoms with E-state index in [1.54, 1.807) is 30.1 Å². The molecule has 3 aromatic rings. The van der Waals surface area contributed by atoms with Gasteiger partial charge in [0.05, 0.1) is 11.4 Å². The topological polar surface area (TPSA) is 59.8 Å². The van der Waals surface area contributed by atoms with Crippen LogP contribution in [0.15, 0.2) is 47.8 Å². The van der Waals surface area contributed by atoms with Gasteiger partial charge < -0.3 is 9.88 Å². The highest BCUT2D eigenvalue weighted by atomic mass is 32.2. The number of aromatic nitrogens is 3. The number of nitrogens with one attached hydrogen (secondary N) is 1. The number of amides is 1. The third-order valence-electron chi connectivity index (χ3n) is 3.89. The summed E-state index contributed by atoms with van der Waals surface area (Å²) in [5.41, 5.74) is 3.41. The Kier molecular flexibility index (Phi) is 5.37. The average molecular weight is 370 g/mol. The maximum atomic E-state index is 13.3. The molecule has 1 aromatic carbocycles. The maximum absolute atomic E-state index is 13.3. The van der Waals surface area contributed by atoms with Crippen molar-refractivity contribution in [2.24, 2.45) is 0 Å². The molecule has 0 aliphatic carbocycles. The lowest BCUT2D eigenvalue weighted by atomic mass is 10.1. The minimum Gasteiger partial charge on any atom is -0.319 e. The molecule has 1 amide bonds. The van der Waals surface area contributed by atoms with E-state index in [-0.39, 0.29) is 11.7 Å². The van der Waals surface area contributed by atoms with E-state index in [0.717, 1.165) is 34.2 Å². The lowest BCUT2D eigenvalue weighted by molar-refractivity contribution is -0.114. The summed E-state index contributed by atoms with van der Waals surface area (Å²) in [6.45, 7) is 4.23.